The molecule has 30 heavy (non-hydrogen) atoms. The van der Waals surface area contributed by atoms with Gasteiger partial charge in [0.1, 0.15) is 6.61 Å². The Morgan fingerprint density at radius 2 is 1.80 bits per heavy atom. The predicted molar refractivity (Wildman–Crippen MR) is 117 cm³/mol. The molecular formula is C21H20N4O3S2. The minimum Gasteiger partial charge on any atom is -0.475 e. The Bertz CT molecular complexity index is 1270. The minimum absolute atomic E-state index is 0.115. The molecule has 2 aromatic carbocycles. The standard InChI is InChI=1S/C21H20N4O3S2/c1-14-3-5-16(6-4-14)18-9-10-21(25-24-18)28-12-11-22-30(26,27)17-7-8-19-20(13-17)29-15(2)23-19/h3-10,13,22H,11-12H2,1-2H3. The minimum atomic E-state index is -3.63. The summed E-state index contributed by atoms with van der Waals surface area (Å²) in [7, 11) is -3.63. The number of ether oxygens (including phenoxy) is 1. The molecule has 2 aromatic heterocycles. The molecule has 2 heterocycles. The number of benzene rings is 2. The molecule has 0 aliphatic rings. The number of thiazole rings is 1. The maximum atomic E-state index is 12.5. The van der Waals surface area contributed by atoms with Crippen LogP contribution in [0.25, 0.3) is 21.5 Å². The second kappa shape index (κ2) is 8.47. The first-order valence-electron chi connectivity index (χ1n) is 9.31. The van der Waals surface area contributed by atoms with Gasteiger partial charge in [-0.25, -0.2) is 18.1 Å². The molecule has 0 radical (unpaired) electrons. The first-order chi connectivity index (χ1) is 14.4. The summed E-state index contributed by atoms with van der Waals surface area (Å²) in [4.78, 5) is 4.55. The molecule has 0 aliphatic carbocycles. The van der Waals surface area contributed by atoms with Crippen molar-refractivity contribution < 1.29 is 13.2 Å². The van der Waals surface area contributed by atoms with Crippen LogP contribution in [0, 0.1) is 13.8 Å². The normalized spacial score (nSPS) is 11.7. The van der Waals surface area contributed by atoms with E-state index in [0.29, 0.717) is 5.88 Å². The van der Waals surface area contributed by atoms with Crippen LogP contribution in [0.2, 0.25) is 0 Å². The zero-order valence-corrected chi connectivity index (χ0v) is 18.1. The first kappa shape index (κ1) is 20.4. The lowest BCUT2D eigenvalue weighted by Crippen LogP contribution is -2.28. The van der Waals surface area contributed by atoms with E-state index in [1.807, 2.05) is 44.2 Å². The number of hydrogen-bond acceptors (Lipinski definition) is 7. The summed E-state index contributed by atoms with van der Waals surface area (Å²) in [5.41, 5.74) is 3.70. The third kappa shape index (κ3) is 4.64. The van der Waals surface area contributed by atoms with E-state index >= 15 is 0 Å². The number of nitrogens with zero attached hydrogens (tertiary/aromatic N) is 3. The number of hydrogen-bond donors (Lipinski definition) is 1. The largest absolute Gasteiger partial charge is 0.475 e. The van der Waals surface area contributed by atoms with Crippen LogP contribution in [0.4, 0.5) is 0 Å². The molecule has 0 atom stereocenters. The molecule has 4 rings (SSSR count). The van der Waals surface area contributed by atoms with Crippen molar-refractivity contribution in [3.05, 3.63) is 65.2 Å². The summed E-state index contributed by atoms with van der Waals surface area (Å²) >= 11 is 1.46. The molecule has 154 valence electrons. The maximum Gasteiger partial charge on any atom is 0.240 e. The molecule has 4 aromatic rings. The molecule has 7 nitrogen and oxygen atoms in total. The smallest absolute Gasteiger partial charge is 0.240 e. The van der Waals surface area contributed by atoms with Crippen LogP contribution in [0.5, 0.6) is 5.88 Å². The van der Waals surface area contributed by atoms with E-state index in [9.17, 15) is 8.42 Å². The molecule has 0 amide bonds. The van der Waals surface area contributed by atoms with Crippen LogP contribution in [0.3, 0.4) is 0 Å². The highest BCUT2D eigenvalue weighted by Gasteiger charge is 2.15. The Kier molecular flexibility index (Phi) is 5.76. The van der Waals surface area contributed by atoms with Crippen molar-refractivity contribution >= 4 is 31.6 Å². The van der Waals surface area contributed by atoms with Crippen LogP contribution in [-0.4, -0.2) is 36.8 Å². The second-order valence-electron chi connectivity index (χ2n) is 6.73. The number of rotatable bonds is 7. The third-order valence-electron chi connectivity index (χ3n) is 4.41. The molecule has 9 heteroatoms. The van der Waals surface area contributed by atoms with Gasteiger partial charge >= 0.3 is 0 Å². The second-order valence-corrected chi connectivity index (χ2v) is 9.73. The van der Waals surface area contributed by atoms with Gasteiger partial charge in [0, 0.05) is 18.2 Å². The number of aromatic nitrogens is 3. The van der Waals surface area contributed by atoms with Crippen LogP contribution in [-0.2, 0) is 10.0 Å². The van der Waals surface area contributed by atoms with Crippen LogP contribution in [0.15, 0.2) is 59.5 Å². The van der Waals surface area contributed by atoms with Crippen molar-refractivity contribution in [2.45, 2.75) is 18.7 Å². The summed E-state index contributed by atoms with van der Waals surface area (Å²) in [6, 6.07) is 16.5. The van der Waals surface area contributed by atoms with E-state index in [1.54, 1.807) is 24.3 Å². The summed E-state index contributed by atoms with van der Waals surface area (Å²) in [5, 5.41) is 9.12. The number of fused-ring (bicyclic) bond motifs is 1. The van der Waals surface area contributed by atoms with Gasteiger partial charge in [0.05, 0.1) is 25.8 Å². The molecular weight excluding hydrogens is 420 g/mol. The van der Waals surface area contributed by atoms with Gasteiger partial charge in [0.2, 0.25) is 15.9 Å². The molecule has 0 spiro atoms. The molecule has 0 saturated carbocycles. The van der Waals surface area contributed by atoms with Crippen molar-refractivity contribution in [2.75, 3.05) is 13.2 Å². The number of aryl methyl sites for hydroxylation is 2. The van der Waals surface area contributed by atoms with Gasteiger partial charge in [-0.2, -0.15) is 0 Å². The fourth-order valence-electron chi connectivity index (χ4n) is 2.88. The third-order valence-corrected chi connectivity index (χ3v) is 6.80. The monoisotopic (exact) mass is 440 g/mol. The molecule has 0 bridgehead atoms. The summed E-state index contributed by atoms with van der Waals surface area (Å²) in [5.74, 6) is 0.339. The summed E-state index contributed by atoms with van der Waals surface area (Å²) in [6.45, 7) is 4.17. The van der Waals surface area contributed by atoms with E-state index in [-0.39, 0.29) is 18.0 Å². The van der Waals surface area contributed by atoms with Gasteiger partial charge in [-0.1, -0.05) is 29.8 Å². The van der Waals surface area contributed by atoms with Crippen molar-refractivity contribution in [3.63, 3.8) is 0 Å². The van der Waals surface area contributed by atoms with Gasteiger partial charge in [-0.3, -0.25) is 0 Å². The Balaban J connectivity index is 1.33. The average Bonchev–Trinajstić information content (AvgIpc) is 3.11. The van der Waals surface area contributed by atoms with Gasteiger partial charge in [0.25, 0.3) is 0 Å². The quantitative estimate of drug-likeness (QED) is 0.440. The number of sulfonamides is 1. The van der Waals surface area contributed by atoms with E-state index < -0.39 is 10.0 Å². The van der Waals surface area contributed by atoms with Crippen LogP contribution in [0.1, 0.15) is 10.6 Å². The van der Waals surface area contributed by atoms with E-state index in [2.05, 4.69) is 19.9 Å². The average molecular weight is 441 g/mol. The summed E-state index contributed by atoms with van der Waals surface area (Å²) in [6.07, 6.45) is 0. The SMILES string of the molecule is Cc1ccc(-c2ccc(OCCNS(=O)(=O)c3ccc4nc(C)sc4c3)nn2)cc1. The fraction of sp³-hybridized carbons (Fsp3) is 0.190. The van der Waals surface area contributed by atoms with E-state index in [0.717, 1.165) is 26.5 Å². The van der Waals surface area contributed by atoms with Gasteiger partial charge < -0.3 is 4.74 Å². The highest BCUT2D eigenvalue weighted by atomic mass is 32.2. The van der Waals surface area contributed by atoms with Crippen molar-refractivity contribution in [2.24, 2.45) is 0 Å². The van der Waals surface area contributed by atoms with Gasteiger partial charge in [-0.05, 0) is 38.1 Å². The summed E-state index contributed by atoms with van der Waals surface area (Å²) < 4.78 is 33.9. The zero-order valence-electron chi connectivity index (χ0n) is 16.5. The van der Waals surface area contributed by atoms with E-state index in [4.69, 9.17) is 4.74 Å². The van der Waals surface area contributed by atoms with E-state index in [1.165, 1.54) is 16.9 Å². The van der Waals surface area contributed by atoms with Crippen molar-refractivity contribution in [1.29, 1.82) is 0 Å². The zero-order chi connectivity index (χ0) is 21.1. The fourth-order valence-corrected chi connectivity index (χ4v) is 4.86. The molecule has 0 saturated heterocycles. The van der Waals surface area contributed by atoms with Crippen molar-refractivity contribution in [1.82, 2.24) is 19.9 Å². The number of nitrogens with one attached hydrogen (secondary N) is 1. The maximum absolute atomic E-state index is 12.5. The molecule has 0 unspecified atom stereocenters. The highest BCUT2D eigenvalue weighted by Crippen LogP contribution is 2.24. The van der Waals surface area contributed by atoms with Crippen LogP contribution >= 0.6 is 11.3 Å². The van der Waals surface area contributed by atoms with Crippen molar-refractivity contribution in [3.8, 4) is 17.1 Å². The molecule has 0 aliphatic heterocycles. The Morgan fingerprint density at radius 1 is 1.00 bits per heavy atom. The lowest BCUT2D eigenvalue weighted by atomic mass is 10.1. The molecule has 0 fully saturated rings. The van der Waals surface area contributed by atoms with Gasteiger partial charge in [0.15, 0.2) is 0 Å². The Labute approximate surface area is 178 Å². The lowest BCUT2D eigenvalue weighted by molar-refractivity contribution is 0.307. The predicted octanol–water partition coefficient (Wildman–Crippen LogP) is 3.73. The first-order valence-corrected chi connectivity index (χ1v) is 11.6. The topological polar surface area (TPSA) is 94.1 Å². The Morgan fingerprint density at radius 3 is 2.53 bits per heavy atom. The molecule has 1 N–H and O–H groups in total. The highest BCUT2D eigenvalue weighted by molar-refractivity contribution is 7.89. The lowest BCUT2D eigenvalue weighted by Gasteiger charge is -2.08. The Hall–Kier alpha value is -2.88. The van der Waals surface area contributed by atoms with Gasteiger partial charge in [-0.15, -0.1) is 21.5 Å². The van der Waals surface area contributed by atoms with Crippen LogP contribution < -0.4 is 9.46 Å².